The van der Waals surface area contributed by atoms with E-state index in [-0.39, 0.29) is 12.3 Å². The van der Waals surface area contributed by atoms with Crippen LogP contribution in [0.2, 0.25) is 0 Å². The van der Waals surface area contributed by atoms with E-state index >= 15 is 0 Å². The topological polar surface area (TPSA) is 104 Å². The summed E-state index contributed by atoms with van der Waals surface area (Å²) in [6.45, 7) is 4.34. The van der Waals surface area contributed by atoms with Crippen molar-refractivity contribution in [1.82, 2.24) is 5.32 Å². The maximum atomic E-state index is 12.4. The number of hydrogen-bond acceptors (Lipinski definition) is 4. The Morgan fingerprint density at radius 3 is 1.54 bits per heavy atom. The van der Waals surface area contributed by atoms with Crippen molar-refractivity contribution >= 4 is 16.0 Å². The van der Waals surface area contributed by atoms with Gasteiger partial charge in [0.2, 0.25) is 5.91 Å². The molecule has 7 heteroatoms. The van der Waals surface area contributed by atoms with Crippen molar-refractivity contribution in [2.45, 2.75) is 161 Å². The molecule has 0 aliphatic rings. The largest absolute Gasteiger partial charge is 0.387 e. The fourth-order valence-corrected chi connectivity index (χ4v) is 5.68. The summed E-state index contributed by atoms with van der Waals surface area (Å²) in [7, 11) is -4.34. The van der Waals surface area contributed by atoms with Gasteiger partial charge >= 0.3 is 0 Å². The van der Waals surface area contributed by atoms with Crippen LogP contribution in [0.5, 0.6) is 0 Å². The minimum atomic E-state index is -4.34. The van der Waals surface area contributed by atoms with Crippen LogP contribution >= 0.6 is 0 Å². The van der Waals surface area contributed by atoms with Gasteiger partial charge in [0.1, 0.15) is 0 Å². The third kappa shape index (κ3) is 33.2. The summed E-state index contributed by atoms with van der Waals surface area (Å²) in [5.41, 5.74) is 0. The van der Waals surface area contributed by atoms with Crippen LogP contribution < -0.4 is 5.32 Å². The van der Waals surface area contributed by atoms with E-state index in [1.807, 2.05) is 6.08 Å². The van der Waals surface area contributed by atoms with Gasteiger partial charge in [-0.1, -0.05) is 151 Å². The molecule has 0 aromatic carbocycles. The van der Waals surface area contributed by atoms with E-state index in [2.05, 4.69) is 79.9 Å². The minimum absolute atomic E-state index is 0.278. The predicted molar refractivity (Wildman–Crippen MR) is 197 cm³/mol. The highest BCUT2D eigenvalue weighted by Crippen LogP contribution is 2.12. The van der Waals surface area contributed by atoms with Crippen LogP contribution in [0.15, 0.2) is 72.9 Å². The highest BCUT2D eigenvalue weighted by Gasteiger charge is 2.24. The Balaban J connectivity index is 3.93. The summed E-state index contributed by atoms with van der Waals surface area (Å²) in [6.07, 6.45) is 46.1. The Morgan fingerprint density at radius 2 is 1.04 bits per heavy atom. The molecule has 46 heavy (non-hydrogen) atoms. The second kappa shape index (κ2) is 32.7. The summed E-state index contributed by atoms with van der Waals surface area (Å²) in [5.74, 6) is -1.00. The number of aliphatic hydroxyl groups is 1. The summed E-state index contributed by atoms with van der Waals surface area (Å²) in [5, 5.41) is 13.1. The average molecular weight is 662 g/mol. The van der Waals surface area contributed by atoms with Gasteiger partial charge in [-0.2, -0.15) is 8.42 Å². The molecule has 2 unspecified atom stereocenters. The smallest absolute Gasteiger partial charge is 0.267 e. The lowest BCUT2D eigenvalue weighted by Gasteiger charge is -2.21. The molecule has 0 aromatic heterocycles. The van der Waals surface area contributed by atoms with Gasteiger partial charge in [-0.05, 0) is 64.2 Å². The maximum absolute atomic E-state index is 12.4. The van der Waals surface area contributed by atoms with Crippen molar-refractivity contribution in [1.29, 1.82) is 0 Å². The number of rotatable bonds is 31. The van der Waals surface area contributed by atoms with Crippen LogP contribution in [-0.2, 0) is 14.9 Å². The van der Waals surface area contributed by atoms with Gasteiger partial charge in [0.25, 0.3) is 10.1 Å². The number of aliphatic hydroxyl groups excluding tert-OH is 1. The molecule has 2 atom stereocenters. The molecule has 264 valence electrons. The van der Waals surface area contributed by atoms with E-state index in [9.17, 15) is 22.9 Å². The number of unbranched alkanes of at least 4 members (excludes halogenated alkanes) is 13. The van der Waals surface area contributed by atoms with Crippen molar-refractivity contribution in [2.75, 3.05) is 5.75 Å². The van der Waals surface area contributed by atoms with Crippen LogP contribution in [0.4, 0.5) is 0 Å². The second-order valence-corrected chi connectivity index (χ2v) is 13.6. The zero-order chi connectivity index (χ0) is 34.0. The number of carbonyl (C=O) groups is 1. The Hall–Kier alpha value is -2.22. The minimum Gasteiger partial charge on any atom is -0.387 e. The number of amides is 1. The number of nitrogens with one attached hydrogen (secondary N) is 1. The third-order valence-corrected chi connectivity index (χ3v) is 8.42. The first-order chi connectivity index (χ1) is 22.3. The Bertz CT molecular complexity index is 994. The molecular formula is C39H67NO5S. The van der Waals surface area contributed by atoms with Crippen LogP contribution in [0.3, 0.4) is 0 Å². The maximum Gasteiger partial charge on any atom is 0.267 e. The van der Waals surface area contributed by atoms with Gasteiger partial charge in [-0.25, -0.2) is 0 Å². The molecular weight excluding hydrogens is 594 g/mol. The van der Waals surface area contributed by atoms with Gasteiger partial charge in [0.15, 0.2) is 0 Å². The normalized spacial score (nSPS) is 14.3. The van der Waals surface area contributed by atoms with Crippen LogP contribution in [0.25, 0.3) is 0 Å². The molecule has 0 fully saturated rings. The van der Waals surface area contributed by atoms with Gasteiger partial charge in [0, 0.05) is 6.42 Å². The van der Waals surface area contributed by atoms with E-state index in [0.717, 1.165) is 77.0 Å². The Morgan fingerprint density at radius 1 is 0.609 bits per heavy atom. The molecule has 0 rings (SSSR count). The second-order valence-electron chi connectivity index (χ2n) is 12.1. The molecule has 0 radical (unpaired) electrons. The van der Waals surface area contributed by atoms with E-state index < -0.39 is 28.0 Å². The van der Waals surface area contributed by atoms with E-state index in [1.54, 1.807) is 0 Å². The van der Waals surface area contributed by atoms with Crippen LogP contribution in [0, 0.1) is 0 Å². The average Bonchev–Trinajstić information content (AvgIpc) is 3.01. The van der Waals surface area contributed by atoms with Crippen LogP contribution in [0.1, 0.15) is 149 Å². The van der Waals surface area contributed by atoms with Crippen molar-refractivity contribution in [3.63, 3.8) is 0 Å². The molecule has 0 aliphatic heterocycles. The molecule has 6 nitrogen and oxygen atoms in total. The highest BCUT2D eigenvalue weighted by atomic mass is 32.2. The summed E-state index contributed by atoms with van der Waals surface area (Å²) in [6, 6.07) is -1.06. The first-order valence-electron chi connectivity index (χ1n) is 18.1. The standard InChI is InChI=1S/C39H67NO5S/c1-3-5-7-9-11-13-14-15-16-17-18-19-20-21-22-23-24-25-26-27-29-31-33-35-39(42)40-37(36-46(43,44)45)38(41)34-32-30-28-12-10-8-6-4-2/h5,7,11,13,15-16,18-19,21-22,32,34,37-38,41H,3-4,6,8-10,12,14,17,20,23-31,33,35-36H2,1-2H3,(H,40,42)(H,43,44,45)/b7-5-,13-11-,16-15-,19-18-,22-21-,34-32+. The lowest BCUT2D eigenvalue weighted by atomic mass is 10.1. The lowest BCUT2D eigenvalue weighted by molar-refractivity contribution is -0.122. The van der Waals surface area contributed by atoms with Crippen LogP contribution in [-0.4, -0.2) is 41.9 Å². The van der Waals surface area contributed by atoms with E-state index in [1.165, 1.54) is 51.0 Å². The first-order valence-corrected chi connectivity index (χ1v) is 19.7. The lowest BCUT2D eigenvalue weighted by Crippen LogP contribution is -2.46. The molecule has 0 saturated heterocycles. The monoisotopic (exact) mass is 661 g/mol. The summed E-state index contributed by atoms with van der Waals surface area (Å²) >= 11 is 0. The SMILES string of the molecule is CC/C=C\C/C=C\C/C=C\C/C=C\C/C=C\CCCCCCCCCC(=O)NC(CS(=O)(=O)O)C(O)/C=C/CCCCCCCC. The number of hydrogen-bond donors (Lipinski definition) is 3. The fraction of sp³-hybridized carbons (Fsp3) is 0.667. The predicted octanol–water partition coefficient (Wildman–Crippen LogP) is 10.3. The molecule has 0 aromatic rings. The Labute approximate surface area is 283 Å². The first kappa shape index (κ1) is 43.8. The van der Waals surface area contributed by atoms with E-state index in [0.29, 0.717) is 6.42 Å². The van der Waals surface area contributed by atoms with Gasteiger partial charge in [0.05, 0.1) is 17.9 Å². The van der Waals surface area contributed by atoms with Crippen molar-refractivity contribution in [3.05, 3.63) is 72.9 Å². The van der Waals surface area contributed by atoms with Gasteiger partial charge < -0.3 is 10.4 Å². The zero-order valence-corrected chi connectivity index (χ0v) is 30.0. The van der Waals surface area contributed by atoms with Crippen molar-refractivity contribution < 1.29 is 22.9 Å². The molecule has 0 saturated carbocycles. The number of allylic oxidation sites excluding steroid dienone is 11. The number of carbonyl (C=O) groups excluding carboxylic acids is 1. The molecule has 0 aliphatic carbocycles. The van der Waals surface area contributed by atoms with Crippen molar-refractivity contribution in [2.24, 2.45) is 0 Å². The fourth-order valence-electron chi connectivity index (χ4n) is 4.94. The quantitative estimate of drug-likeness (QED) is 0.0390. The molecule has 3 N–H and O–H groups in total. The third-order valence-electron chi connectivity index (χ3n) is 7.64. The van der Waals surface area contributed by atoms with Gasteiger partial charge in [-0.15, -0.1) is 0 Å². The zero-order valence-electron chi connectivity index (χ0n) is 29.2. The Kier molecular flexibility index (Phi) is 31.1. The van der Waals surface area contributed by atoms with Crippen molar-refractivity contribution in [3.8, 4) is 0 Å². The van der Waals surface area contributed by atoms with Gasteiger partial charge in [-0.3, -0.25) is 9.35 Å². The molecule has 0 spiro atoms. The summed E-state index contributed by atoms with van der Waals surface area (Å²) in [4.78, 5) is 12.4. The highest BCUT2D eigenvalue weighted by molar-refractivity contribution is 7.85. The molecule has 1 amide bonds. The van der Waals surface area contributed by atoms with E-state index in [4.69, 9.17) is 0 Å². The summed E-state index contributed by atoms with van der Waals surface area (Å²) < 4.78 is 32.2. The molecule has 0 heterocycles. The molecule has 0 bridgehead atoms.